The monoisotopic (exact) mass is 160 g/mol. The van der Waals surface area contributed by atoms with Gasteiger partial charge < -0.3 is 27.0 Å². The molecule has 0 heterocycles. The molecule has 0 unspecified atom stereocenters. The third-order valence-corrected chi connectivity index (χ3v) is 0. The van der Waals surface area contributed by atoms with Crippen molar-refractivity contribution in [2.24, 2.45) is 0 Å². The van der Waals surface area contributed by atoms with Crippen LogP contribution in [0, 0.1) is 0 Å². The molecule has 0 amide bonds. The molecule has 0 radical (unpaired) electrons. The summed E-state index contributed by atoms with van der Waals surface area (Å²) in [5.74, 6) is 0. The second-order valence-electron chi connectivity index (χ2n) is 0. The summed E-state index contributed by atoms with van der Waals surface area (Å²) in [7, 11) is 0. The van der Waals surface area contributed by atoms with Crippen molar-refractivity contribution >= 4 is 27.0 Å². The first-order valence-corrected chi connectivity index (χ1v) is 0. The minimum Gasteiger partial charge on any atom is -2.00 e. The number of rotatable bonds is 0. The van der Waals surface area contributed by atoms with Gasteiger partial charge in [-0.25, -0.2) is 0 Å². The summed E-state index contributed by atoms with van der Waals surface area (Å²) in [6.45, 7) is 0. The largest absolute Gasteiger partial charge is 4.00 e. The smallest absolute Gasteiger partial charge is 2.00 e. The molecule has 0 bridgehead atoms. The minimum atomic E-state index is 0. The van der Waals surface area contributed by atoms with Gasteiger partial charge in [-0.2, -0.15) is 0 Å². The molecule has 0 spiro atoms. The first-order chi connectivity index (χ1) is 0. The number of hydrogen-bond acceptors (Lipinski definition) is 0. The van der Waals surface area contributed by atoms with Crippen molar-refractivity contribution < 1.29 is 43.4 Å². The molecule has 0 saturated carbocycles. The Morgan fingerprint density at radius 3 is 0.500 bits per heavy atom. The normalized spacial score (nSPS) is 0. The molecule has 0 atom stereocenters. The second-order valence-corrected chi connectivity index (χ2v) is 0. The maximum Gasteiger partial charge on any atom is 4.00 e. The fourth-order valence-corrected chi connectivity index (χ4v) is 0. The Bertz CT molecular complexity index is 4.00. The van der Waals surface area contributed by atoms with Gasteiger partial charge in [-0.1, -0.05) is 0 Å². The van der Waals surface area contributed by atoms with Crippen molar-refractivity contribution in [3.63, 3.8) is 0 Å². The molecule has 0 aliphatic heterocycles. The quantitative estimate of drug-likeness (QED) is 0.437. The Balaban J connectivity index is 0. The molecule has 0 aromatic heterocycles. The Morgan fingerprint density at radius 1 is 0.500 bits per heavy atom. The van der Waals surface area contributed by atoms with Crippen LogP contribution in [0.4, 0.5) is 0 Å². The van der Waals surface area contributed by atoms with E-state index in [1.165, 1.54) is 0 Å². The fraction of sp³-hybridized carbons (Fsp3) is 0. The van der Waals surface area contributed by atoms with Crippen LogP contribution in [0.2, 0.25) is 0 Å². The molecule has 16 valence electrons. The van der Waals surface area contributed by atoms with Gasteiger partial charge in [-0.15, -0.1) is 0 Å². The predicted octanol–water partition coefficient (Wildman–Crippen LogP) is -0.00980. The van der Waals surface area contributed by atoms with Crippen molar-refractivity contribution in [1.82, 2.24) is 0 Å². The molecule has 0 saturated heterocycles. The minimum absolute atomic E-state index is 0. The van der Waals surface area contributed by atoms with Crippen LogP contribution >= 0.6 is 0 Å². The van der Waals surface area contributed by atoms with Crippen LogP contribution < -0.4 is 0 Å². The van der Waals surface area contributed by atoms with E-state index in [1.807, 2.05) is 0 Å². The van der Waals surface area contributed by atoms with Gasteiger partial charge in [0, 0.05) is 0 Å². The van der Waals surface area contributed by atoms with Crippen molar-refractivity contribution in [3.8, 4) is 0 Å². The Morgan fingerprint density at radius 2 is 0.500 bits per heavy atom. The zero-order chi connectivity index (χ0) is 0. The van der Waals surface area contributed by atoms with Crippen molar-refractivity contribution in [2.45, 2.75) is 0 Å². The van der Waals surface area contributed by atoms with Gasteiger partial charge in [0.15, 0.2) is 0 Å². The maximum atomic E-state index is 0. The van der Waals surface area contributed by atoms with E-state index >= 15 is 0 Å². The summed E-state index contributed by atoms with van der Waals surface area (Å²) in [6, 6.07) is 0. The van der Waals surface area contributed by atoms with Gasteiger partial charge in [0.05, 0.1) is 0 Å². The van der Waals surface area contributed by atoms with Gasteiger partial charge >= 0.3 is 43.4 Å². The van der Waals surface area contributed by atoms with Crippen molar-refractivity contribution in [3.05, 3.63) is 0 Å². The summed E-state index contributed by atoms with van der Waals surface area (Å²) >= 11 is 0. The average molecular weight is 160 g/mol. The van der Waals surface area contributed by atoms with Crippen LogP contribution in [-0.4, -0.2) is 0 Å². The summed E-state index contributed by atoms with van der Waals surface area (Å²) in [4.78, 5) is 0. The standard InChI is InChI=1S/2S.2Ti/q2*-2;2*+4. The van der Waals surface area contributed by atoms with Gasteiger partial charge in [-0.05, 0) is 0 Å². The Kier molecular flexibility index (Phi) is 172. The first-order valence-electron chi connectivity index (χ1n) is 0. The summed E-state index contributed by atoms with van der Waals surface area (Å²) in [5.41, 5.74) is 0. The predicted molar refractivity (Wildman–Crippen MR) is 14.7 cm³/mol. The average Bonchev–Trinajstić information content (AvgIpc) is 0. The second kappa shape index (κ2) is 19.3. The number of hydrogen-bond donors (Lipinski definition) is 0. The fourth-order valence-electron chi connectivity index (χ4n) is 0. The van der Waals surface area contributed by atoms with Crippen LogP contribution in [0.25, 0.3) is 0 Å². The van der Waals surface area contributed by atoms with Gasteiger partial charge in [0.25, 0.3) is 0 Å². The van der Waals surface area contributed by atoms with Crippen LogP contribution in [0.1, 0.15) is 0 Å². The van der Waals surface area contributed by atoms with E-state index in [1.54, 1.807) is 0 Å². The molecule has 0 aliphatic carbocycles. The van der Waals surface area contributed by atoms with E-state index in [0.29, 0.717) is 0 Å². The molecule has 0 fully saturated rings. The Hall–Kier alpha value is 2.13. The van der Waals surface area contributed by atoms with E-state index < -0.39 is 0 Å². The maximum absolute atomic E-state index is 0. The van der Waals surface area contributed by atoms with E-state index in [2.05, 4.69) is 0 Å². The zero-order valence-corrected chi connectivity index (χ0v) is 6.57. The molecular weight excluding hydrogens is 160 g/mol. The molecular formula is S2Ti2+4. The van der Waals surface area contributed by atoms with Gasteiger partial charge in [0.2, 0.25) is 0 Å². The molecule has 4 heteroatoms. The summed E-state index contributed by atoms with van der Waals surface area (Å²) in [5, 5.41) is 0. The molecule has 0 aromatic rings. The van der Waals surface area contributed by atoms with Crippen LogP contribution in [-0.2, 0) is 70.4 Å². The molecule has 0 aliphatic rings. The molecule has 0 nitrogen and oxygen atoms in total. The molecule has 0 N–H and O–H groups in total. The van der Waals surface area contributed by atoms with E-state index in [0.717, 1.165) is 0 Å². The first kappa shape index (κ1) is 35.6. The van der Waals surface area contributed by atoms with Gasteiger partial charge in [0.1, 0.15) is 0 Å². The van der Waals surface area contributed by atoms with Crippen LogP contribution in [0.3, 0.4) is 0 Å². The summed E-state index contributed by atoms with van der Waals surface area (Å²) in [6.07, 6.45) is 0. The van der Waals surface area contributed by atoms with Gasteiger partial charge in [-0.3, -0.25) is 0 Å². The van der Waals surface area contributed by atoms with E-state index in [4.69, 9.17) is 0 Å². The molecule has 0 aromatic carbocycles. The van der Waals surface area contributed by atoms with Crippen molar-refractivity contribution in [2.75, 3.05) is 0 Å². The van der Waals surface area contributed by atoms with E-state index in [9.17, 15) is 0 Å². The van der Waals surface area contributed by atoms with Crippen LogP contribution in [0.15, 0.2) is 0 Å². The van der Waals surface area contributed by atoms with E-state index in [-0.39, 0.29) is 70.4 Å². The third kappa shape index (κ3) is 8.92. The topological polar surface area (TPSA) is 0 Å². The third-order valence-electron chi connectivity index (χ3n) is 0. The van der Waals surface area contributed by atoms with Crippen molar-refractivity contribution in [1.29, 1.82) is 0 Å². The van der Waals surface area contributed by atoms with Crippen LogP contribution in [0.5, 0.6) is 0 Å². The zero-order valence-electron chi connectivity index (χ0n) is 1.82. The SMILES string of the molecule is [S-2].[S-2].[Ti+4].[Ti+4]. The molecule has 0 rings (SSSR count). The Labute approximate surface area is 69.8 Å². The molecule has 4 heavy (non-hydrogen) atoms. The summed E-state index contributed by atoms with van der Waals surface area (Å²) < 4.78 is 0.